The molecule has 0 saturated heterocycles. The van der Waals surface area contributed by atoms with Crippen LogP contribution in [0.2, 0.25) is 0 Å². The second-order valence-corrected chi connectivity index (χ2v) is 7.43. The van der Waals surface area contributed by atoms with Crippen LogP contribution in [0.15, 0.2) is 80.7 Å². The maximum absolute atomic E-state index is 12.4. The topological polar surface area (TPSA) is 51.0 Å². The minimum atomic E-state index is -0.203. The van der Waals surface area contributed by atoms with Crippen molar-refractivity contribution < 1.29 is 9.53 Å². The molecule has 2 aromatic rings. The van der Waals surface area contributed by atoms with Gasteiger partial charge in [-0.3, -0.25) is 14.8 Å². The third-order valence-electron chi connectivity index (χ3n) is 4.54. The van der Waals surface area contributed by atoms with Crippen LogP contribution in [0, 0.1) is 11.8 Å². The second-order valence-electron chi connectivity index (χ2n) is 6.58. The Morgan fingerprint density at radius 2 is 1.68 bits per heavy atom. The summed E-state index contributed by atoms with van der Waals surface area (Å²) in [6.07, 6.45) is 5.01. The van der Waals surface area contributed by atoms with E-state index in [9.17, 15) is 4.79 Å². The predicted molar refractivity (Wildman–Crippen MR) is 118 cm³/mol. The molecule has 1 aliphatic carbocycles. The first-order chi connectivity index (χ1) is 13.7. The Hall–Kier alpha value is -2.53. The highest BCUT2D eigenvalue weighted by atomic mass is 79.9. The maximum Gasteiger partial charge on any atom is 0.309 e. The number of carbonyl (C=O) groups is 1. The molecule has 0 amide bonds. The van der Waals surface area contributed by atoms with Gasteiger partial charge in [0, 0.05) is 22.8 Å². The van der Waals surface area contributed by atoms with Crippen LogP contribution in [0.4, 0.5) is 11.4 Å². The van der Waals surface area contributed by atoms with E-state index in [-0.39, 0.29) is 17.8 Å². The number of aliphatic imine (C=N–C) groups is 2. The predicted octanol–water partition coefficient (Wildman–Crippen LogP) is 6.03. The molecule has 0 N–H and O–H groups in total. The molecule has 0 heterocycles. The van der Waals surface area contributed by atoms with Gasteiger partial charge in [0.1, 0.15) is 0 Å². The standard InChI is InChI=1S/C23H23BrN2O2/c1-2-28-23(27)17-13-18(15-25-20-9-5-3-6-10-20)22(24)19(14-17)16-26-21-11-7-4-8-12-21/h3-12,15-18H,2,13-14H2,1H3. The Bertz CT molecular complexity index is 876. The lowest BCUT2D eigenvalue weighted by atomic mass is 9.83. The zero-order chi connectivity index (χ0) is 19.8. The minimum absolute atomic E-state index is 0.000542. The number of benzene rings is 2. The summed E-state index contributed by atoms with van der Waals surface area (Å²) in [6.45, 7) is 2.22. The van der Waals surface area contributed by atoms with Crippen LogP contribution in [-0.4, -0.2) is 25.0 Å². The molecular formula is C23H23BrN2O2. The smallest absolute Gasteiger partial charge is 0.309 e. The number of allylic oxidation sites excluding steroid dienone is 2. The molecule has 0 fully saturated rings. The fourth-order valence-electron chi connectivity index (χ4n) is 3.13. The molecule has 0 aliphatic heterocycles. The summed E-state index contributed by atoms with van der Waals surface area (Å²) in [6, 6.07) is 19.5. The van der Waals surface area contributed by atoms with Crippen LogP contribution in [0.3, 0.4) is 0 Å². The van der Waals surface area contributed by atoms with E-state index in [1.54, 1.807) is 0 Å². The Kier molecular flexibility index (Phi) is 7.31. The van der Waals surface area contributed by atoms with Gasteiger partial charge in [-0.2, -0.15) is 0 Å². The van der Waals surface area contributed by atoms with E-state index in [1.165, 1.54) is 0 Å². The van der Waals surface area contributed by atoms with E-state index < -0.39 is 0 Å². The van der Waals surface area contributed by atoms with E-state index in [1.807, 2.05) is 80.0 Å². The van der Waals surface area contributed by atoms with Gasteiger partial charge < -0.3 is 4.74 Å². The van der Waals surface area contributed by atoms with Crippen LogP contribution in [0.25, 0.3) is 0 Å². The molecule has 1 aliphatic rings. The fraction of sp³-hybridized carbons (Fsp3) is 0.261. The van der Waals surface area contributed by atoms with Crippen molar-refractivity contribution in [2.75, 3.05) is 6.61 Å². The number of rotatable bonds is 6. The SMILES string of the molecule is CCOC(=O)C1CC(C=Nc2ccccc2)=C(Br)C(C=Nc2ccccc2)C1. The first-order valence-corrected chi connectivity index (χ1v) is 10.2. The molecule has 2 unspecified atom stereocenters. The molecule has 3 rings (SSSR count). The summed E-state index contributed by atoms with van der Waals surface area (Å²) in [5.74, 6) is -0.363. The highest BCUT2D eigenvalue weighted by molar-refractivity contribution is 9.11. The van der Waals surface area contributed by atoms with Crippen LogP contribution in [0.5, 0.6) is 0 Å². The number of hydrogen-bond donors (Lipinski definition) is 0. The van der Waals surface area contributed by atoms with Gasteiger partial charge in [0.05, 0.1) is 23.9 Å². The van der Waals surface area contributed by atoms with Gasteiger partial charge in [-0.05, 0) is 49.6 Å². The molecule has 0 spiro atoms. The van der Waals surface area contributed by atoms with Crippen LogP contribution in [-0.2, 0) is 9.53 Å². The number of halogens is 1. The first kappa shape index (κ1) is 20.2. The lowest BCUT2D eigenvalue weighted by Crippen LogP contribution is -2.27. The summed E-state index contributed by atoms with van der Waals surface area (Å²) < 4.78 is 6.29. The fourth-order valence-corrected chi connectivity index (χ4v) is 3.70. The van der Waals surface area contributed by atoms with E-state index in [0.717, 1.165) is 21.4 Å². The van der Waals surface area contributed by atoms with Crippen molar-refractivity contribution in [2.24, 2.45) is 21.8 Å². The van der Waals surface area contributed by atoms with Gasteiger partial charge in [0.2, 0.25) is 0 Å². The molecule has 2 aromatic carbocycles. The van der Waals surface area contributed by atoms with E-state index in [4.69, 9.17) is 4.74 Å². The Balaban J connectivity index is 1.86. The zero-order valence-electron chi connectivity index (χ0n) is 15.8. The third-order valence-corrected chi connectivity index (χ3v) is 5.64. The first-order valence-electron chi connectivity index (χ1n) is 9.41. The molecule has 5 heteroatoms. The molecule has 0 bridgehead atoms. The van der Waals surface area contributed by atoms with Crippen LogP contribution in [0.1, 0.15) is 19.8 Å². The lowest BCUT2D eigenvalue weighted by Gasteiger charge is -2.27. The lowest BCUT2D eigenvalue weighted by molar-refractivity contribution is -0.148. The molecule has 144 valence electrons. The van der Waals surface area contributed by atoms with Crippen molar-refractivity contribution in [1.82, 2.24) is 0 Å². The number of ether oxygens (including phenoxy) is 1. The van der Waals surface area contributed by atoms with E-state index in [2.05, 4.69) is 25.9 Å². The largest absolute Gasteiger partial charge is 0.466 e. The molecule has 0 aromatic heterocycles. The number of esters is 1. The van der Waals surface area contributed by atoms with Gasteiger partial charge >= 0.3 is 5.97 Å². The summed E-state index contributed by atoms with van der Waals surface area (Å²) >= 11 is 3.73. The number of hydrogen-bond acceptors (Lipinski definition) is 4. The molecule has 0 radical (unpaired) electrons. The van der Waals surface area contributed by atoms with Gasteiger partial charge in [-0.15, -0.1) is 0 Å². The Morgan fingerprint density at radius 1 is 1.07 bits per heavy atom. The van der Waals surface area contributed by atoms with Gasteiger partial charge in [-0.1, -0.05) is 52.3 Å². The van der Waals surface area contributed by atoms with Crippen molar-refractivity contribution in [3.05, 3.63) is 70.7 Å². The quantitative estimate of drug-likeness (QED) is 0.408. The van der Waals surface area contributed by atoms with E-state index >= 15 is 0 Å². The second kappa shape index (κ2) is 10.1. The van der Waals surface area contributed by atoms with Crippen molar-refractivity contribution >= 4 is 45.7 Å². The molecule has 4 nitrogen and oxygen atoms in total. The number of nitrogens with zero attached hydrogens (tertiary/aromatic N) is 2. The maximum atomic E-state index is 12.4. The Labute approximate surface area is 174 Å². The number of carbonyl (C=O) groups excluding carboxylic acids is 1. The molecule has 28 heavy (non-hydrogen) atoms. The van der Waals surface area contributed by atoms with Crippen molar-refractivity contribution in [3.8, 4) is 0 Å². The molecular weight excluding hydrogens is 416 g/mol. The average Bonchev–Trinajstić information content (AvgIpc) is 2.73. The van der Waals surface area contributed by atoms with Crippen molar-refractivity contribution in [1.29, 1.82) is 0 Å². The van der Waals surface area contributed by atoms with Crippen LogP contribution >= 0.6 is 15.9 Å². The van der Waals surface area contributed by atoms with E-state index in [0.29, 0.717) is 19.4 Å². The highest BCUT2D eigenvalue weighted by Gasteiger charge is 2.31. The molecule has 2 atom stereocenters. The van der Waals surface area contributed by atoms with Crippen LogP contribution < -0.4 is 0 Å². The van der Waals surface area contributed by atoms with Crippen molar-refractivity contribution in [2.45, 2.75) is 19.8 Å². The molecule has 0 saturated carbocycles. The highest BCUT2D eigenvalue weighted by Crippen LogP contribution is 2.37. The normalized spacial score (nSPS) is 20.1. The third kappa shape index (κ3) is 5.49. The zero-order valence-corrected chi connectivity index (χ0v) is 17.4. The Morgan fingerprint density at radius 3 is 2.29 bits per heavy atom. The summed E-state index contributed by atoms with van der Waals surface area (Å²) in [4.78, 5) is 21.5. The van der Waals surface area contributed by atoms with Gasteiger partial charge in [0.15, 0.2) is 0 Å². The summed E-state index contributed by atoms with van der Waals surface area (Å²) in [5.41, 5.74) is 2.77. The summed E-state index contributed by atoms with van der Waals surface area (Å²) in [7, 11) is 0. The van der Waals surface area contributed by atoms with Gasteiger partial charge in [-0.25, -0.2) is 0 Å². The van der Waals surface area contributed by atoms with Gasteiger partial charge in [0.25, 0.3) is 0 Å². The average molecular weight is 439 g/mol. The van der Waals surface area contributed by atoms with Crippen molar-refractivity contribution in [3.63, 3.8) is 0 Å². The minimum Gasteiger partial charge on any atom is -0.466 e. The number of para-hydroxylation sites is 2. The monoisotopic (exact) mass is 438 g/mol. The summed E-state index contributed by atoms with van der Waals surface area (Å²) in [5, 5.41) is 0.